The van der Waals surface area contributed by atoms with E-state index >= 15 is 0 Å². The Labute approximate surface area is 138 Å². The fraction of sp³-hybridized carbons (Fsp3) is 0.533. The summed E-state index contributed by atoms with van der Waals surface area (Å²) in [6, 6.07) is 7.19. The topological polar surface area (TPSA) is 75.3 Å². The highest BCUT2D eigenvalue weighted by Gasteiger charge is 2.20. The Balaban J connectivity index is 0.00000242. The van der Waals surface area contributed by atoms with E-state index in [0.29, 0.717) is 6.54 Å². The number of benzene rings is 1. The summed E-state index contributed by atoms with van der Waals surface area (Å²) >= 11 is 0. The van der Waals surface area contributed by atoms with Crippen LogP contribution in [0, 0.1) is 0 Å². The molecule has 1 amide bonds. The Morgan fingerprint density at radius 2 is 1.95 bits per heavy atom. The third-order valence-electron chi connectivity index (χ3n) is 3.62. The molecule has 2 N–H and O–H groups in total. The highest BCUT2D eigenvalue weighted by Crippen LogP contribution is 2.13. The normalized spacial score (nSPS) is 18.3. The third kappa shape index (κ3) is 5.94. The van der Waals surface area contributed by atoms with E-state index < -0.39 is 9.84 Å². The third-order valence-corrected chi connectivity index (χ3v) is 4.45. The molecule has 1 saturated heterocycles. The van der Waals surface area contributed by atoms with Gasteiger partial charge in [0.2, 0.25) is 5.91 Å². The number of sulfone groups is 1. The van der Waals surface area contributed by atoms with Gasteiger partial charge in [0.25, 0.3) is 0 Å². The van der Waals surface area contributed by atoms with Crippen LogP contribution in [0.25, 0.3) is 0 Å². The highest BCUT2D eigenvalue weighted by atomic mass is 35.5. The molecular weight excluding hydrogens is 324 g/mol. The van der Waals surface area contributed by atoms with Crippen molar-refractivity contribution >= 4 is 28.2 Å². The maximum Gasteiger partial charge on any atom is 0.237 e. The van der Waals surface area contributed by atoms with Gasteiger partial charge in [0.05, 0.1) is 11.8 Å². The number of amides is 1. The van der Waals surface area contributed by atoms with Gasteiger partial charge in [-0.3, -0.25) is 4.79 Å². The SMILES string of the molecule is CS(=O)(=O)Cc1ccccc1CNC(=O)C1CCCCN1.Cl. The lowest BCUT2D eigenvalue weighted by Gasteiger charge is -2.22. The van der Waals surface area contributed by atoms with Crippen molar-refractivity contribution in [2.75, 3.05) is 12.8 Å². The molecule has 7 heteroatoms. The second-order valence-corrected chi connectivity index (χ2v) is 7.70. The van der Waals surface area contributed by atoms with Crippen LogP contribution < -0.4 is 10.6 Å². The van der Waals surface area contributed by atoms with Gasteiger partial charge < -0.3 is 10.6 Å². The summed E-state index contributed by atoms with van der Waals surface area (Å²) in [6.07, 6.45) is 4.25. The van der Waals surface area contributed by atoms with E-state index in [9.17, 15) is 13.2 Å². The van der Waals surface area contributed by atoms with Gasteiger partial charge in [-0.2, -0.15) is 0 Å². The summed E-state index contributed by atoms with van der Waals surface area (Å²) in [6.45, 7) is 1.24. The van der Waals surface area contributed by atoms with Gasteiger partial charge in [0, 0.05) is 12.8 Å². The van der Waals surface area contributed by atoms with Gasteiger partial charge in [-0.1, -0.05) is 30.7 Å². The zero-order chi connectivity index (χ0) is 15.3. The number of nitrogens with one attached hydrogen (secondary N) is 2. The average Bonchev–Trinajstić information content (AvgIpc) is 2.45. The molecule has 22 heavy (non-hydrogen) atoms. The van der Waals surface area contributed by atoms with Gasteiger partial charge in [0.1, 0.15) is 0 Å². The van der Waals surface area contributed by atoms with Crippen molar-refractivity contribution in [3.8, 4) is 0 Å². The molecule has 0 aliphatic carbocycles. The first-order chi connectivity index (χ1) is 9.96. The lowest BCUT2D eigenvalue weighted by atomic mass is 10.0. The molecule has 0 saturated carbocycles. The summed E-state index contributed by atoms with van der Waals surface area (Å²) in [4.78, 5) is 12.1. The summed E-state index contributed by atoms with van der Waals surface area (Å²) in [5, 5.41) is 6.10. The number of rotatable bonds is 5. The van der Waals surface area contributed by atoms with E-state index in [1.54, 1.807) is 6.07 Å². The molecule has 1 aromatic carbocycles. The van der Waals surface area contributed by atoms with Crippen LogP contribution in [0.2, 0.25) is 0 Å². The first-order valence-corrected chi connectivity index (χ1v) is 9.27. The smallest absolute Gasteiger partial charge is 0.237 e. The molecule has 2 rings (SSSR count). The first-order valence-electron chi connectivity index (χ1n) is 7.21. The van der Waals surface area contributed by atoms with Crippen molar-refractivity contribution in [1.29, 1.82) is 0 Å². The van der Waals surface area contributed by atoms with Crippen LogP contribution in [0.5, 0.6) is 0 Å². The molecule has 1 heterocycles. The van der Waals surface area contributed by atoms with E-state index in [1.807, 2.05) is 18.2 Å². The molecule has 0 aromatic heterocycles. The lowest BCUT2D eigenvalue weighted by Crippen LogP contribution is -2.46. The minimum absolute atomic E-state index is 0. The average molecular weight is 347 g/mol. The van der Waals surface area contributed by atoms with Crippen LogP contribution >= 0.6 is 12.4 Å². The minimum Gasteiger partial charge on any atom is -0.351 e. The van der Waals surface area contributed by atoms with Crippen molar-refractivity contribution in [2.45, 2.75) is 37.6 Å². The molecule has 0 radical (unpaired) electrons. The summed E-state index contributed by atoms with van der Waals surface area (Å²) < 4.78 is 22.9. The van der Waals surface area contributed by atoms with Crippen molar-refractivity contribution in [3.63, 3.8) is 0 Å². The second kappa shape index (κ2) is 8.50. The molecule has 1 aliphatic rings. The monoisotopic (exact) mass is 346 g/mol. The highest BCUT2D eigenvalue weighted by molar-refractivity contribution is 7.89. The molecule has 5 nitrogen and oxygen atoms in total. The Kier molecular flexibility index (Phi) is 7.32. The second-order valence-electron chi connectivity index (χ2n) is 5.56. The summed E-state index contributed by atoms with van der Waals surface area (Å²) in [5.41, 5.74) is 1.60. The molecule has 124 valence electrons. The summed E-state index contributed by atoms with van der Waals surface area (Å²) in [5.74, 6) is -0.00960. The quantitative estimate of drug-likeness (QED) is 0.845. The van der Waals surface area contributed by atoms with Gasteiger partial charge in [-0.05, 0) is 30.5 Å². The van der Waals surface area contributed by atoms with Crippen molar-refractivity contribution in [3.05, 3.63) is 35.4 Å². The van der Waals surface area contributed by atoms with Gasteiger partial charge in [-0.25, -0.2) is 8.42 Å². The predicted octanol–water partition coefficient (Wildman–Crippen LogP) is 1.41. The van der Waals surface area contributed by atoms with Gasteiger partial charge >= 0.3 is 0 Å². The Hall–Kier alpha value is -1.11. The molecule has 1 fully saturated rings. The summed E-state index contributed by atoms with van der Waals surface area (Å²) in [7, 11) is -3.08. The Morgan fingerprint density at radius 3 is 2.55 bits per heavy atom. The molecular formula is C15H23ClN2O3S. The number of carbonyl (C=O) groups excluding carboxylic acids is 1. The van der Waals surface area contributed by atoms with Crippen LogP contribution in [0.4, 0.5) is 0 Å². The number of piperidine rings is 1. The fourth-order valence-electron chi connectivity index (χ4n) is 2.53. The van der Waals surface area contributed by atoms with Crippen molar-refractivity contribution in [2.24, 2.45) is 0 Å². The lowest BCUT2D eigenvalue weighted by molar-refractivity contribution is -0.123. The maximum absolute atomic E-state index is 12.1. The number of hydrogen-bond donors (Lipinski definition) is 2. The first kappa shape index (κ1) is 18.9. The van der Waals surface area contributed by atoms with E-state index in [-0.39, 0.29) is 30.1 Å². The van der Waals surface area contributed by atoms with Gasteiger partial charge in [0.15, 0.2) is 9.84 Å². The molecule has 1 aliphatic heterocycles. The zero-order valence-electron chi connectivity index (χ0n) is 12.7. The van der Waals surface area contributed by atoms with E-state index in [1.165, 1.54) is 6.26 Å². The van der Waals surface area contributed by atoms with E-state index in [0.717, 1.165) is 36.9 Å². The molecule has 1 aromatic rings. The van der Waals surface area contributed by atoms with Crippen LogP contribution in [-0.4, -0.2) is 33.2 Å². The largest absolute Gasteiger partial charge is 0.351 e. The molecule has 1 unspecified atom stereocenters. The van der Waals surface area contributed by atoms with E-state index in [2.05, 4.69) is 10.6 Å². The number of halogens is 1. The Morgan fingerprint density at radius 1 is 1.27 bits per heavy atom. The van der Waals surface area contributed by atoms with E-state index in [4.69, 9.17) is 0 Å². The van der Waals surface area contributed by atoms with Gasteiger partial charge in [-0.15, -0.1) is 12.4 Å². The van der Waals surface area contributed by atoms with Crippen LogP contribution in [0.3, 0.4) is 0 Å². The van der Waals surface area contributed by atoms with Crippen molar-refractivity contribution in [1.82, 2.24) is 10.6 Å². The number of carbonyl (C=O) groups is 1. The zero-order valence-corrected chi connectivity index (χ0v) is 14.3. The Bertz CT molecular complexity index is 599. The standard InChI is InChI=1S/C15H22N2O3S.ClH/c1-21(19,20)11-13-7-3-2-6-12(13)10-17-15(18)14-8-4-5-9-16-14;/h2-3,6-7,14,16H,4-5,8-11H2,1H3,(H,17,18);1H. The maximum atomic E-state index is 12.1. The number of hydrogen-bond acceptors (Lipinski definition) is 4. The van der Waals surface area contributed by atoms with Crippen molar-refractivity contribution < 1.29 is 13.2 Å². The fourth-order valence-corrected chi connectivity index (χ4v) is 3.38. The molecule has 1 atom stereocenters. The van der Waals surface area contributed by atoms with Crippen LogP contribution in [0.1, 0.15) is 30.4 Å². The minimum atomic E-state index is -3.08. The predicted molar refractivity (Wildman–Crippen MR) is 89.7 cm³/mol. The van der Waals surface area contributed by atoms with Crippen LogP contribution in [0.15, 0.2) is 24.3 Å². The van der Waals surface area contributed by atoms with Crippen LogP contribution in [-0.2, 0) is 26.9 Å². The molecule has 0 bridgehead atoms. The molecule has 0 spiro atoms.